The van der Waals surface area contributed by atoms with E-state index in [9.17, 15) is 0 Å². The molecule has 0 saturated carbocycles. The lowest BCUT2D eigenvalue weighted by Gasteiger charge is -2.32. The molecule has 2 aliphatic rings. The molecule has 2 aliphatic heterocycles. The van der Waals surface area contributed by atoms with E-state index in [1.165, 1.54) is 53.7 Å². The van der Waals surface area contributed by atoms with Gasteiger partial charge in [-0.1, -0.05) is 31.2 Å². The molecule has 1 fully saturated rings. The monoisotopic (exact) mass is 494 g/mol. The molecule has 1 N–H and O–H groups in total. The Kier molecular flexibility index (Phi) is 9.41. The molecule has 0 amide bonds. The van der Waals surface area contributed by atoms with Crippen LogP contribution in [0.1, 0.15) is 48.4 Å². The Balaban J connectivity index is 1.47. The number of nitrogens with zero attached hydrogens (tertiary/aromatic N) is 3. The second-order valence-electron chi connectivity index (χ2n) is 10.0. The Morgan fingerprint density at radius 1 is 1.06 bits per heavy atom. The molecule has 0 spiro atoms. The molecule has 5 nitrogen and oxygen atoms in total. The first kappa shape index (κ1) is 25.9. The highest BCUT2D eigenvalue weighted by atomic mass is 32.1. The topological polar surface area (TPSA) is 31.0 Å². The lowest BCUT2D eigenvalue weighted by molar-refractivity contribution is 0.0368. The molecule has 0 aromatic heterocycles. The Morgan fingerprint density at radius 3 is 2.69 bits per heavy atom. The molecule has 0 bridgehead atoms. The molecule has 0 unspecified atom stereocenters. The van der Waals surface area contributed by atoms with Crippen LogP contribution < -0.4 is 10.2 Å². The SMILES string of the molecule is CCCN1CCCc2cc(CN(CCCN3CCOCC3)C(=S)Nc3cc(C)ccc3C)ccc21. The van der Waals surface area contributed by atoms with Crippen molar-refractivity contribution < 1.29 is 4.74 Å². The van der Waals surface area contributed by atoms with Gasteiger partial charge in [-0.05, 0) is 86.1 Å². The molecule has 0 radical (unpaired) electrons. The first-order valence-electron chi connectivity index (χ1n) is 13.3. The van der Waals surface area contributed by atoms with Crippen LogP contribution in [0.5, 0.6) is 0 Å². The second-order valence-corrected chi connectivity index (χ2v) is 10.4. The fraction of sp³-hybridized carbons (Fsp3) is 0.552. The molecule has 190 valence electrons. The van der Waals surface area contributed by atoms with Crippen LogP contribution in [-0.4, -0.2) is 67.4 Å². The predicted molar refractivity (Wildman–Crippen MR) is 152 cm³/mol. The van der Waals surface area contributed by atoms with Crippen LogP contribution in [0.3, 0.4) is 0 Å². The summed E-state index contributed by atoms with van der Waals surface area (Å²) in [6.07, 6.45) is 4.69. The van der Waals surface area contributed by atoms with E-state index in [-0.39, 0.29) is 0 Å². The van der Waals surface area contributed by atoms with E-state index < -0.39 is 0 Å². The summed E-state index contributed by atoms with van der Waals surface area (Å²) in [5.41, 5.74) is 7.83. The van der Waals surface area contributed by atoms with E-state index in [0.29, 0.717) is 0 Å². The van der Waals surface area contributed by atoms with Crippen molar-refractivity contribution >= 4 is 28.7 Å². The van der Waals surface area contributed by atoms with Crippen molar-refractivity contribution in [2.75, 3.05) is 62.7 Å². The van der Waals surface area contributed by atoms with Crippen molar-refractivity contribution in [3.63, 3.8) is 0 Å². The van der Waals surface area contributed by atoms with Gasteiger partial charge in [-0.25, -0.2) is 0 Å². The maximum absolute atomic E-state index is 5.98. The standard InChI is InChI=1S/C29H42N4OS/c1-4-12-32-14-5-7-26-21-25(10-11-28(26)32)22-33(15-6-13-31-16-18-34-19-17-31)29(35)30-27-20-23(2)8-9-24(27)3/h8-11,20-21H,4-7,12-19,22H2,1-3H3,(H,30,35). The Labute approximate surface area is 217 Å². The number of anilines is 2. The number of benzene rings is 2. The van der Waals surface area contributed by atoms with Crippen LogP contribution in [0.2, 0.25) is 0 Å². The number of aryl methyl sites for hydroxylation is 3. The van der Waals surface area contributed by atoms with Gasteiger partial charge in [0.2, 0.25) is 0 Å². The van der Waals surface area contributed by atoms with Crippen molar-refractivity contribution in [1.29, 1.82) is 0 Å². The van der Waals surface area contributed by atoms with E-state index >= 15 is 0 Å². The molecule has 1 saturated heterocycles. The zero-order chi connectivity index (χ0) is 24.6. The van der Waals surface area contributed by atoms with Gasteiger partial charge in [0.15, 0.2) is 5.11 Å². The molecule has 4 rings (SSSR count). The van der Waals surface area contributed by atoms with Crippen molar-refractivity contribution in [1.82, 2.24) is 9.80 Å². The normalized spacial score (nSPS) is 16.1. The zero-order valence-electron chi connectivity index (χ0n) is 21.8. The quantitative estimate of drug-likeness (QED) is 0.471. The molecule has 35 heavy (non-hydrogen) atoms. The fourth-order valence-electron chi connectivity index (χ4n) is 5.18. The van der Waals surface area contributed by atoms with Gasteiger partial charge >= 0.3 is 0 Å². The summed E-state index contributed by atoms with van der Waals surface area (Å²) in [5, 5.41) is 4.37. The first-order chi connectivity index (χ1) is 17.0. The maximum Gasteiger partial charge on any atom is 0.173 e. The molecule has 0 atom stereocenters. The lowest BCUT2D eigenvalue weighted by atomic mass is 9.98. The number of rotatable bonds is 9. The largest absolute Gasteiger partial charge is 0.379 e. The molecule has 0 aliphatic carbocycles. The Bertz CT molecular complexity index is 989. The number of morpholine rings is 1. The number of nitrogens with one attached hydrogen (secondary N) is 1. The minimum absolute atomic E-state index is 0.811. The van der Waals surface area contributed by atoms with E-state index in [1.807, 2.05) is 0 Å². The lowest BCUT2D eigenvalue weighted by Crippen LogP contribution is -2.40. The highest BCUT2D eigenvalue weighted by Crippen LogP contribution is 2.29. The number of ether oxygens (including phenoxy) is 1. The van der Waals surface area contributed by atoms with Gasteiger partial charge in [0.25, 0.3) is 0 Å². The van der Waals surface area contributed by atoms with E-state index in [1.54, 1.807) is 0 Å². The van der Waals surface area contributed by atoms with E-state index in [4.69, 9.17) is 17.0 Å². The molecule has 6 heteroatoms. The number of thiocarbonyl (C=S) groups is 1. The minimum Gasteiger partial charge on any atom is -0.379 e. The smallest absolute Gasteiger partial charge is 0.173 e. The number of fused-ring (bicyclic) bond motifs is 1. The van der Waals surface area contributed by atoms with E-state index in [0.717, 1.165) is 69.7 Å². The van der Waals surface area contributed by atoms with Crippen molar-refractivity contribution in [3.8, 4) is 0 Å². The zero-order valence-corrected chi connectivity index (χ0v) is 22.6. The maximum atomic E-state index is 5.98. The van der Waals surface area contributed by atoms with Crippen LogP contribution in [0.25, 0.3) is 0 Å². The number of hydrogen-bond donors (Lipinski definition) is 1. The van der Waals surface area contributed by atoms with Gasteiger partial charge in [0.05, 0.1) is 13.2 Å². The second kappa shape index (κ2) is 12.7. The van der Waals surface area contributed by atoms with Gasteiger partial charge < -0.3 is 19.9 Å². The summed E-state index contributed by atoms with van der Waals surface area (Å²) in [4.78, 5) is 7.41. The van der Waals surface area contributed by atoms with Crippen LogP contribution in [-0.2, 0) is 17.7 Å². The van der Waals surface area contributed by atoms with Crippen LogP contribution in [0.15, 0.2) is 36.4 Å². The molecule has 2 aromatic carbocycles. The summed E-state index contributed by atoms with van der Waals surface area (Å²) in [6, 6.07) is 13.6. The molecule has 2 aromatic rings. The van der Waals surface area contributed by atoms with Gasteiger partial charge in [0.1, 0.15) is 0 Å². The van der Waals surface area contributed by atoms with Gasteiger partial charge in [0, 0.05) is 57.2 Å². The molecular weight excluding hydrogens is 452 g/mol. The van der Waals surface area contributed by atoms with Crippen LogP contribution in [0.4, 0.5) is 11.4 Å². The summed E-state index contributed by atoms with van der Waals surface area (Å²) in [5.74, 6) is 0. The third-order valence-corrected chi connectivity index (χ3v) is 7.51. The average Bonchev–Trinajstić information content (AvgIpc) is 2.86. The third-order valence-electron chi connectivity index (χ3n) is 7.15. The van der Waals surface area contributed by atoms with Crippen molar-refractivity contribution in [2.45, 2.75) is 53.0 Å². The predicted octanol–water partition coefficient (Wildman–Crippen LogP) is 5.39. The Hall–Kier alpha value is -2.15. The third kappa shape index (κ3) is 7.18. The summed E-state index contributed by atoms with van der Waals surface area (Å²) >= 11 is 5.98. The molecule has 2 heterocycles. The molecular formula is C29H42N4OS. The highest BCUT2D eigenvalue weighted by Gasteiger charge is 2.19. The van der Waals surface area contributed by atoms with Gasteiger partial charge in [-0.15, -0.1) is 0 Å². The summed E-state index contributed by atoms with van der Waals surface area (Å²) < 4.78 is 5.51. The van der Waals surface area contributed by atoms with Crippen LogP contribution >= 0.6 is 12.2 Å². The highest BCUT2D eigenvalue weighted by molar-refractivity contribution is 7.80. The van der Waals surface area contributed by atoms with Gasteiger partial charge in [-0.3, -0.25) is 4.90 Å². The summed E-state index contributed by atoms with van der Waals surface area (Å²) in [7, 11) is 0. The van der Waals surface area contributed by atoms with Gasteiger partial charge in [-0.2, -0.15) is 0 Å². The van der Waals surface area contributed by atoms with Crippen LogP contribution in [0, 0.1) is 13.8 Å². The minimum atomic E-state index is 0.811. The first-order valence-corrected chi connectivity index (χ1v) is 13.7. The van der Waals surface area contributed by atoms with E-state index in [2.05, 4.69) is 77.2 Å². The summed E-state index contributed by atoms with van der Waals surface area (Å²) in [6.45, 7) is 15.5. The Morgan fingerprint density at radius 2 is 1.89 bits per heavy atom. The van der Waals surface area contributed by atoms with Crippen molar-refractivity contribution in [3.05, 3.63) is 58.7 Å². The fourth-order valence-corrected chi connectivity index (χ4v) is 5.44. The number of hydrogen-bond acceptors (Lipinski definition) is 4. The van der Waals surface area contributed by atoms with Crippen molar-refractivity contribution in [2.24, 2.45) is 0 Å². The average molecular weight is 495 g/mol.